The summed E-state index contributed by atoms with van der Waals surface area (Å²) < 4.78 is 112. The maximum Gasteiger partial charge on any atom is 0.523 e. The van der Waals surface area contributed by atoms with Crippen molar-refractivity contribution in [2.24, 2.45) is 79.8 Å². The van der Waals surface area contributed by atoms with E-state index in [1.165, 1.54) is 25.0 Å². The minimum absolute atomic E-state index is 0.0480. The number of rotatable bonds is 18. The molecule has 0 radical (unpaired) electrons. The molecule has 0 aromatic rings. The van der Waals surface area contributed by atoms with Gasteiger partial charge in [0.2, 0.25) is 0 Å². The molecule has 1 N–H and O–H groups in total. The van der Waals surface area contributed by atoms with Gasteiger partial charge in [0.25, 0.3) is 0 Å². The Morgan fingerprint density at radius 2 is 1.04 bits per heavy atom. The molecule has 0 spiro atoms. The number of halogens is 3. The van der Waals surface area contributed by atoms with Crippen molar-refractivity contribution in [1.82, 2.24) is 0 Å². The number of ketones is 4. The molecule has 21 heteroatoms. The summed E-state index contributed by atoms with van der Waals surface area (Å²) in [5.74, 6) is 3.33. The van der Waals surface area contributed by atoms with Crippen LogP contribution < -0.4 is 0 Å². The van der Waals surface area contributed by atoms with Crippen LogP contribution in [0.2, 0.25) is 0 Å². The first-order chi connectivity index (χ1) is 37.1. The molecule has 0 amide bonds. The highest BCUT2D eigenvalue weighted by atomic mass is 32.2. The molecule has 0 unspecified atom stereocenters. The molecule has 6 fully saturated rings. The molecule has 0 aliphatic heterocycles. The highest BCUT2D eigenvalue weighted by Crippen LogP contribution is 2.73. The van der Waals surface area contributed by atoms with E-state index in [4.69, 9.17) is 13.8 Å². The van der Waals surface area contributed by atoms with Crippen LogP contribution in [0.3, 0.4) is 0 Å². The number of hydrogen-bond donors (Lipinski definition) is 1. The predicted octanol–water partition coefficient (Wildman–Crippen LogP) is 13.3. The standard InChI is InChI=1S/C29H45O6P.C24H34O3.C6H12F3O6PS/c1-8-25(31)29(7)19(4)15-23-22-12-11-20-16-21(30)13-14-27(20,5)26(22)24(17-28(23,29)6)33-18-36(32,34-9-2)35-10-3;1-6-20(27)24(5)14(2)11-18-17-8-7-15-12-16(25)9-10-22(15,3)21(17)19(26)13-23(18,24)4;1-3-13-16(10,14-4-2)5-15-17(11,12)6(7,8)9/h13-14,16,19,22-24,26H,8-12,15,17-18H2,1-7H3;9-10,12,14,17-19,21,26H,6-8,11,13H2,1-5H3;3-5H2,1-2H3/t19-,22+,23+,24+,26-,27+,28+,29-;14-,17+,18+,19+,21-,22+,23+,24-;/m11./s1. The number of ether oxygens (including phenoxy) is 1. The van der Waals surface area contributed by atoms with Crippen molar-refractivity contribution in [3.63, 3.8) is 0 Å². The smallest absolute Gasteiger partial charge is 0.393 e. The number of aliphatic hydroxyl groups is 1. The summed E-state index contributed by atoms with van der Waals surface area (Å²) >= 11 is 0. The molecular formula is C59H91F3O15P2S. The topological polar surface area (TPSA) is 212 Å². The first kappa shape index (κ1) is 66.7. The summed E-state index contributed by atoms with van der Waals surface area (Å²) in [4.78, 5) is 50.7. The van der Waals surface area contributed by atoms with E-state index in [1.54, 1.807) is 32.1 Å². The van der Waals surface area contributed by atoms with Gasteiger partial charge in [0, 0.05) is 46.3 Å². The number of alkyl halides is 3. The Hall–Kier alpha value is -2.44. The van der Waals surface area contributed by atoms with E-state index in [1.807, 2.05) is 19.9 Å². The first-order valence-corrected chi connectivity index (χ1v) is 33.9. The Morgan fingerprint density at radius 1 is 0.650 bits per heavy atom. The van der Waals surface area contributed by atoms with Gasteiger partial charge in [0.05, 0.1) is 38.6 Å². The van der Waals surface area contributed by atoms with E-state index in [0.29, 0.717) is 66.8 Å². The van der Waals surface area contributed by atoms with E-state index >= 15 is 0 Å². The number of Topliss-reactive ketones (excluding diaryl/α,β-unsaturated/α-hetero) is 2. The Morgan fingerprint density at radius 3 is 1.44 bits per heavy atom. The van der Waals surface area contributed by atoms with Crippen molar-refractivity contribution < 1.29 is 82.0 Å². The first-order valence-electron chi connectivity index (χ1n) is 29.0. The lowest BCUT2D eigenvalue weighted by Crippen LogP contribution is -2.59. The second-order valence-corrected chi connectivity index (χ2v) is 30.6. The summed E-state index contributed by atoms with van der Waals surface area (Å²) in [7, 11) is -13.2. The molecule has 0 saturated heterocycles. The number of hydrogen-bond acceptors (Lipinski definition) is 15. The average Bonchev–Trinajstić information content (AvgIpc) is 3.72. The number of fused-ring (bicyclic) bond motifs is 10. The van der Waals surface area contributed by atoms with E-state index in [0.717, 1.165) is 38.5 Å². The second kappa shape index (κ2) is 24.5. The highest BCUT2D eigenvalue weighted by molar-refractivity contribution is 7.87. The van der Waals surface area contributed by atoms with Crippen LogP contribution >= 0.6 is 15.2 Å². The van der Waals surface area contributed by atoms with Gasteiger partial charge < -0.3 is 27.9 Å². The van der Waals surface area contributed by atoms with Crippen LogP contribution in [0.1, 0.15) is 161 Å². The number of aliphatic hydroxyl groups excluding tert-OH is 1. The Labute approximate surface area is 473 Å². The van der Waals surface area contributed by atoms with Gasteiger partial charge in [0.1, 0.15) is 17.9 Å². The molecule has 0 aromatic heterocycles. The number of allylic oxidation sites excluding steroid dienone is 8. The zero-order chi connectivity index (χ0) is 60.0. The molecule has 80 heavy (non-hydrogen) atoms. The molecule has 0 bridgehead atoms. The predicted molar refractivity (Wildman–Crippen MR) is 298 cm³/mol. The number of carbonyl (C=O) groups excluding carboxylic acids is 4. The summed E-state index contributed by atoms with van der Waals surface area (Å²) in [6.45, 7) is 28.6. The van der Waals surface area contributed by atoms with Gasteiger partial charge in [-0.1, -0.05) is 92.5 Å². The van der Waals surface area contributed by atoms with Gasteiger partial charge >= 0.3 is 30.8 Å². The monoisotopic (exact) mass is 1190 g/mol. The third kappa shape index (κ3) is 11.7. The second-order valence-electron chi connectivity index (χ2n) is 25.0. The van der Waals surface area contributed by atoms with Gasteiger partial charge in [-0.2, -0.15) is 21.6 Å². The SMILES string of the molecule is CCC(=O)[C@@]1(C)[C@H](C)C[C@H]2[C@@H]3CCC4=CC(=O)C=C[C@]4(C)[C@H]3[C@@H](O)C[C@@]21C.CCOP(=O)(COS(=O)(=O)C(F)(F)F)OCC.CCOP(=O)(CO[C@H]1C[C@@]2(C)[C@@H](C[C@@H](C)[C@]2(C)C(=O)CC)[C@@H]2CCC3=CC(=O)C=C[C@]3(C)[C@H]21)OCC. The molecular weight excluding hydrogens is 1100 g/mol. The van der Waals surface area contributed by atoms with Crippen LogP contribution in [-0.4, -0.2) is 93.5 Å². The van der Waals surface area contributed by atoms with E-state index in [-0.39, 0.29) is 95.3 Å². The van der Waals surface area contributed by atoms with Gasteiger partial charge in [-0.3, -0.25) is 32.5 Å². The quantitative estimate of drug-likeness (QED) is 0.0768. The summed E-state index contributed by atoms with van der Waals surface area (Å²) in [5, 5.41) is 11.4. The van der Waals surface area contributed by atoms with Crippen molar-refractivity contribution in [2.45, 2.75) is 179 Å². The van der Waals surface area contributed by atoms with Gasteiger partial charge in [-0.05, 0) is 150 Å². The lowest BCUT2D eigenvalue weighted by atomic mass is 9.44. The van der Waals surface area contributed by atoms with E-state index in [2.05, 4.69) is 80.8 Å². The molecule has 8 aliphatic rings. The van der Waals surface area contributed by atoms with Crippen LogP contribution in [-0.2, 0) is 65.4 Å². The Kier molecular flexibility index (Phi) is 20.4. The van der Waals surface area contributed by atoms with Gasteiger partial charge in [0.15, 0.2) is 17.9 Å². The van der Waals surface area contributed by atoms with Crippen LogP contribution in [0, 0.1) is 79.8 Å². The lowest BCUT2D eigenvalue weighted by Gasteiger charge is -2.61. The molecule has 15 nitrogen and oxygen atoms in total. The molecule has 16 atom stereocenters. The van der Waals surface area contributed by atoms with E-state index in [9.17, 15) is 55.0 Å². The fraction of sp³-hybridized carbons (Fsp3) is 0.797. The number of carbonyl (C=O) groups is 4. The minimum Gasteiger partial charge on any atom is -0.393 e. The molecule has 0 aromatic carbocycles. The zero-order valence-corrected chi connectivity index (χ0v) is 52.3. The highest BCUT2D eigenvalue weighted by Gasteiger charge is 2.70. The lowest BCUT2D eigenvalue weighted by molar-refractivity contribution is -0.163. The third-order valence-electron chi connectivity index (χ3n) is 21.5. The summed E-state index contributed by atoms with van der Waals surface area (Å²) in [6, 6.07) is 0. The van der Waals surface area contributed by atoms with Crippen LogP contribution in [0.25, 0.3) is 0 Å². The van der Waals surface area contributed by atoms with Crippen LogP contribution in [0.4, 0.5) is 13.2 Å². The maximum atomic E-state index is 13.5. The van der Waals surface area contributed by atoms with Crippen LogP contribution in [0.15, 0.2) is 47.6 Å². The van der Waals surface area contributed by atoms with Crippen molar-refractivity contribution in [3.05, 3.63) is 47.6 Å². The maximum absolute atomic E-state index is 13.5. The van der Waals surface area contributed by atoms with Crippen molar-refractivity contribution >= 4 is 48.4 Å². The Bertz CT molecular complexity index is 2670. The normalized spacial score (nSPS) is 39.1. The molecule has 8 rings (SSSR count). The average molecular weight is 1190 g/mol. The van der Waals surface area contributed by atoms with Crippen molar-refractivity contribution in [1.29, 1.82) is 0 Å². The van der Waals surface area contributed by atoms with Crippen molar-refractivity contribution in [3.8, 4) is 0 Å². The van der Waals surface area contributed by atoms with Gasteiger partial charge in [-0.15, -0.1) is 0 Å². The minimum atomic E-state index is -5.80. The summed E-state index contributed by atoms with van der Waals surface area (Å²) in [5.41, 5.74) is -4.90. The molecule has 454 valence electrons. The third-order valence-corrected chi connectivity index (χ3v) is 26.2. The van der Waals surface area contributed by atoms with Gasteiger partial charge in [-0.25, -0.2) is 0 Å². The van der Waals surface area contributed by atoms with E-state index < -0.39 is 48.7 Å². The molecule has 8 aliphatic carbocycles. The molecule has 6 saturated carbocycles. The fourth-order valence-electron chi connectivity index (χ4n) is 17.2. The largest absolute Gasteiger partial charge is 0.523 e. The fourth-order valence-corrected chi connectivity index (χ4v) is 20.8. The van der Waals surface area contributed by atoms with Crippen molar-refractivity contribution in [2.75, 3.05) is 39.1 Å². The van der Waals surface area contributed by atoms with Crippen LogP contribution in [0.5, 0.6) is 0 Å². The zero-order valence-electron chi connectivity index (χ0n) is 49.7. The summed E-state index contributed by atoms with van der Waals surface area (Å²) in [6.07, 6.45) is 17.5. The molecule has 0 heterocycles. The Balaban J connectivity index is 0.000000207.